The number of hydrogen-bond acceptors (Lipinski definition) is 4. The molecule has 0 radical (unpaired) electrons. The van der Waals surface area contributed by atoms with Crippen molar-refractivity contribution in [3.63, 3.8) is 0 Å². The van der Waals surface area contributed by atoms with Crippen molar-refractivity contribution in [2.75, 3.05) is 11.6 Å². The van der Waals surface area contributed by atoms with E-state index in [1.54, 1.807) is 0 Å². The minimum absolute atomic E-state index is 0.0212. The third-order valence-corrected chi connectivity index (χ3v) is 6.65. The number of thiol groups is 1. The standard InChI is InChI=1S/C16H34B3NOS2/c17-19-20(16(12-21)13-22)14-23-18-15-10-8-6-4-2-1-3-5-7-9-11-15/h12,15-16,18-19,22H,1-11,13-14,17H2/t16-/m1/s1. The SMILES string of the molecule is BBN(CSBC1CCCCCCCCCCC1)[C@H](C=O)CS. The van der Waals surface area contributed by atoms with E-state index in [4.69, 9.17) is 0 Å². The zero-order valence-electron chi connectivity index (χ0n) is 15.0. The molecule has 0 amide bonds. The Morgan fingerprint density at radius 2 is 1.61 bits per heavy atom. The van der Waals surface area contributed by atoms with Gasteiger partial charge in [0.25, 0.3) is 0 Å². The summed E-state index contributed by atoms with van der Waals surface area (Å²) in [4.78, 5) is 13.4. The van der Waals surface area contributed by atoms with Gasteiger partial charge >= 0.3 is 0 Å². The topological polar surface area (TPSA) is 20.3 Å². The van der Waals surface area contributed by atoms with Crippen molar-refractivity contribution in [2.24, 2.45) is 0 Å². The largest absolute Gasteiger partial charge is 0.337 e. The predicted octanol–water partition coefficient (Wildman–Crippen LogP) is 2.82. The molecule has 1 rings (SSSR count). The van der Waals surface area contributed by atoms with Crippen molar-refractivity contribution < 1.29 is 4.79 Å². The molecular weight excluding hydrogens is 319 g/mol. The van der Waals surface area contributed by atoms with Crippen LogP contribution >= 0.6 is 24.2 Å². The first kappa shape index (κ1) is 21.6. The van der Waals surface area contributed by atoms with E-state index in [0.717, 1.165) is 25.3 Å². The lowest BCUT2D eigenvalue weighted by atomic mass is 9.65. The van der Waals surface area contributed by atoms with Crippen LogP contribution in [0.25, 0.3) is 0 Å². The number of nitrogens with zero attached hydrogens (tertiary/aromatic N) is 1. The summed E-state index contributed by atoms with van der Waals surface area (Å²) in [7, 11) is 3.07. The predicted molar refractivity (Wildman–Crippen MR) is 115 cm³/mol. The second kappa shape index (κ2) is 14.8. The van der Waals surface area contributed by atoms with Crippen LogP contribution in [0.3, 0.4) is 0 Å². The van der Waals surface area contributed by atoms with Crippen LogP contribution in [0, 0.1) is 0 Å². The summed E-state index contributed by atoms with van der Waals surface area (Å²) in [5.74, 6) is 2.47. The Hall–Kier alpha value is 0.525. The molecule has 7 heteroatoms. The highest BCUT2D eigenvalue weighted by Gasteiger charge is 2.16. The molecule has 1 fully saturated rings. The fourth-order valence-corrected chi connectivity index (χ4v) is 5.11. The molecule has 0 bridgehead atoms. The monoisotopic (exact) mass is 353 g/mol. The van der Waals surface area contributed by atoms with Gasteiger partial charge in [-0.25, -0.2) is 11.6 Å². The van der Waals surface area contributed by atoms with Gasteiger partial charge in [0.05, 0.1) is 13.8 Å². The summed E-state index contributed by atoms with van der Waals surface area (Å²) in [5, 5.41) is 0. The summed E-state index contributed by atoms with van der Waals surface area (Å²) in [6.45, 7) is 1.26. The average Bonchev–Trinajstić information content (AvgIpc) is 2.56. The van der Waals surface area contributed by atoms with Crippen molar-refractivity contribution in [3.8, 4) is 0 Å². The van der Waals surface area contributed by atoms with Crippen LogP contribution in [-0.4, -0.2) is 50.4 Å². The minimum Gasteiger partial charge on any atom is -0.337 e. The lowest BCUT2D eigenvalue weighted by Gasteiger charge is -2.26. The van der Waals surface area contributed by atoms with Gasteiger partial charge in [-0.2, -0.15) is 12.6 Å². The first-order chi connectivity index (χ1) is 11.3. The van der Waals surface area contributed by atoms with Gasteiger partial charge < -0.3 is 9.61 Å². The second-order valence-electron chi connectivity index (χ2n) is 6.92. The Morgan fingerprint density at radius 3 is 2.04 bits per heavy atom. The molecule has 0 saturated heterocycles. The molecule has 1 atom stereocenters. The van der Waals surface area contributed by atoms with Gasteiger partial charge in [-0.15, -0.1) is 0 Å². The van der Waals surface area contributed by atoms with Gasteiger partial charge in [0.15, 0.2) is 13.9 Å². The van der Waals surface area contributed by atoms with E-state index in [1.807, 2.05) is 11.6 Å². The molecule has 1 aliphatic carbocycles. The lowest BCUT2D eigenvalue weighted by molar-refractivity contribution is -0.110. The Balaban J connectivity index is 2.31. The quantitative estimate of drug-likeness (QED) is 0.314. The molecule has 130 valence electrons. The van der Waals surface area contributed by atoms with E-state index >= 15 is 0 Å². The van der Waals surface area contributed by atoms with E-state index in [9.17, 15) is 4.79 Å². The third kappa shape index (κ3) is 10.2. The Bertz CT molecular complexity index is 288. The van der Waals surface area contributed by atoms with E-state index in [-0.39, 0.29) is 6.04 Å². The lowest BCUT2D eigenvalue weighted by Crippen LogP contribution is -2.41. The van der Waals surface area contributed by atoms with Gasteiger partial charge in [-0.3, -0.25) is 0 Å². The summed E-state index contributed by atoms with van der Waals surface area (Å²) in [6, 6.07) is -0.0212. The average molecular weight is 353 g/mol. The Labute approximate surface area is 155 Å². The number of carbonyl (C=O) groups is 1. The molecule has 2 nitrogen and oxygen atoms in total. The third-order valence-electron chi connectivity index (χ3n) is 5.05. The number of carbonyl (C=O) groups excluding carboxylic acids is 1. The van der Waals surface area contributed by atoms with Crippen molar-refractivity contribution in [2.45, 2.75) is 82.5 Å². The van der Waals surface area contributed by atoms with Crippen molar-refractivity contribution >= 4 is 52.1 Å². The summed E-state index contributed by atoms with van der Waals surface area (Å²) in [6.07, 6.45) is 16.8. The minimum atomic E-state index is -0.0212. The number of rotatable bonds is 8. The molecule has 0 aromatic rings. The highest BCUT2D eigenvalue weighted by atomic mass is 32.2. The zero-order valence-corrected chi connectivity index (χ0v) is 16.8. The van der Waals surface area contributed by atoms with E-state index in [0.29, 0.717) is 5.75 Å². The van der Waals surface area contributed by atoms with Crippen molar-refractivity contribution in [3.05, 3.63) is 0 Å². The maximum absolute atomic E-state index is 11.1. The van der Waals surface area contributed by atoms with Gasteiger partial charge in [-0.05, 0) is 0 Å². The summed E-state index contributed by atoms with van der Waals surface area (Å²) in [5.41, 5.74) is 0. The summed E-state index contributed by atoms with van der Waals surface area (Å²) >= 11 is 6.32. The van der Waals surface area contributed by atoms with Crippen LogP contribution < -0.4 is 0 Å². The maximum atomic E-state index is 11.1. The van der Waals surface area contributed by atoms with E-state index in [2.05, 4.69) is 25.2 Å². The van der Waals surface area contributed by atoms with Gasteiger partial charge in [0.2, 0.25) is 0 Å². The van der Waals surface area contributed by atoms with Crippen LogP contribution in [0.4, 0.5) is 0 Å². The molecule has 1 saturated carbocycles. The summed E-state index contributed by atoms with van der Waals surface area (Å²) < 4.78 is 0. The van der Waals surface area contributed by atoms with E-state index < -0.39 is 0 Å². The van der Waals surface area contributed by atoms with Crippen LogP contribution in [0.1, 0.15) is 70.6 Å². The first-order valence-corrected chi connectivity index (χ1v) is 11.5. The number of aldehydes is 1. The van der Waals surface area contributed by atoms with Gasteiger partial charge in [0.1, 0.15) is 6.29 Å². The van der Waals surface area contributed by atoms with Crippen molar-refractivity contribution in [1.29, 1.82) is 0 Å². The highest BCUT2D eigenvalue weighted by molar-refractivity contribution is 8.22. The Morgan fingerprint density at radius 1 is 1.09 bits per heavy atom. The normalized spacial score (nSPS) is 20.3. The maximum Gasteiger partial charge on any atom is 0.196 e. The molecule has 0 N–H and O–H groups in total. The zero-order chi connectivity index (χ0) is 16.8. The molecule has 0 aliphatic heterocycles. The molecule has 23 heavy (non-hydrogen) atoms. The van der Waals surface area contributed by atoms with Gasteiger partial charge in [0, 0.05) is 11.6 Å². The second-order valence-corrected chi connectivity index (χ2v) is 8.28. The molecular formula is C16H34B3NOS2. The van der Waals surface area contributed by atoms with Crippen molar-refractivity contribution in [1.82, 2.24) is 4.81 Å². The molecule has 0 spiro atoms. The molecule has 0 unspecified atom stereocenters. The molecule has 0 heterocycles. The fourth-order valence-electron chi connectivity index (χ4n) is 3.42. The fraction of sp³-hybridized carbons (Fsp3) is 0.938. The first-order valence-electron chi connectivity index (χ1n) is 9.69. The van der Waals surface area contributed by atoms with Crippen LogP contribution in [-0.2, 0) is 4.79 Å². The van der Waals surface area contributed by atoms with Crippen LogP contribution in [0.2, 0.25) is 5.82 Å². The smallest absolute Gasteiger partial charge is 0.196 e. The highest BCUT2D eigenvalue weighted by Crippen LogP contribution is 2.27. The Kier molecular flexibility index (Phi) is 13.9. The van der Waals surface area contributed by atoms with Gasteiger partial charge in [-0.1, -0.05) is 76.4 Å². The number of hydrogen-bond donors (Lipinski definition) is 1. The van der Waals surface area contributed by atoms with Crippen LogP contribution in [0.15, 0.2) is 0 Å². The molecule has 1 aliphatic rings. The van der Waals surface area contributed by atoms with E-state index in [1.165, 1.54) is 77.2 Å². The molecule has 0 aromatic carbocycles. The van der Waals surface area contributed by atoms with Crippen LogP contribution in [0.5, 0.6) is 0 Å². The molecule has 0 aromatic heterocycles.